The van der Waals surface area contributed by atoms with Crippen molar-refractivity contribution in [3.63, 3.8) is 0 Å². The molecule has 1 aromatic heterocycles. The standard InChI is InChI=1S/C17H25N3O.2ClH/c1-13(2)12-20-10-8-14-11-15(6-7-16(14)20)19-17(21)5-4-9-18-3;;/h6-8,10-11,13,18H,4-5,9,12H2,1-3H3,(H,19,21);2*1H. The minimum atomic E-state index is 0. The molecule has 0 aliphatic carbocycles. The van der Waals surface area contributed by atoms with E-state index in [4.69, 9.17) is 0 Å². The zero-order chi connectivity index (χ0) is 15.2. The van der Waals surface area contributed by atoms with Crippen LogP contribution in [0.2, 0.25) is 0 Å². The van der Waals surface area contributed by atoms with Crippen LogP contribution < -0.4 is 10.6 Å². The van der Waals surface area contributed by atoms with Crippen LogP contribution in [-0.4, -0.2) is 24.1 Å². The molecule has 130 valence electrons. The number of carbonyl (C=O) groups excluding carboxylic acids is 1. The van der Waals surface area contributed by atoms with Crippen LogP contribution in [0.5, 0.6) is 0 Å². The molecule has 0 fully saturated rings. The van der Waals surface area contributed by atoms with Crippen LogP contribution in [0.15, 0.2) is 30.5 Å². The fourth-order valence-electron chi connectivity index (χ4n) is 2.48. The smallest absolute Gasteiger partial charge is 0.224 e. The lowest BCUT2D eigenvalue weighted by Gasteiger charge is -2.09. The first-order valence-electron chi connectivity index (χ1n) is 7.63. The number of carbonyl (C=O) groups is 1. The third-order valence-corrected chi connectivity index (χ3v) is 3.45. The van der Waals surface area contributed by atoms with E-state index < -0.39 is 0 Å². The van der Waals surface area contributed by atoms with Gasteiger partial charge in [0.15, 0.2) is 0 Å². The zero-order valence-electron chi connectivity index (χ0n) is 14.0. The van der Waals surface area contributed by atoms with Crippen molar-refractivity contribution in [2.24, 2.45) is 5.92 Å². The van der Waals surface area contributed by atoms with Crippen molar-refractivity contribution < 1.29 is 4.79 Å². The normalized spacial score (nSPS) is 10.3. The summed E-state index contributed by atoms with van der Waals surface area (Å²) in [6, 6.07) is 8.21. The van der Waals surface area contributed by atoms with Gasteiger partial charge in [0.05, 0.1) is 0 Å². The predicted octanol–water partition coefficient (Wildman–Crippen LogP) is 4.08. The maximum atomic E-state index is 11.8. The lowest BCUT2D eigenvalue weighted by atomic mass is 10.2. The first-order valence-corrected chi connectivity index (χ1v) is 7.63. The number of rotatable bonds is 7. The fourth-order valence-corrected chi connectivity index (χ4v) is 2.48. The van der Waals surface area contributed by atoms with Crippen molar-refractivity contribution in [1.82, 2.24) is 9.88 Å². The summed E-state index contributed by atoms with van der Waals surface area (Å²) in [5.74, 6) is 0.693. The second-order valence-electron chi connectivity index (χ2n) is 5.89. The lowest BCUT2D eigenvalue weighted by Crippen LogP contribution is -2.15. The Morgan fingerprint density at radius 3 is 2.61 bits per heavy atom. The van der Waals surface area contributed by atoms with Crippen LogP contribution in [0.1, 0.15) is 26.7 Å². The number of halogens is 2. The first kappa shape index (κ1) is 21.8. The molecule has 0 unspecified atom stereocenters. The molecule has 0 aliphatic heterocycles. The minimum absolute atomic E-state index is 0. The monoisotopic (exact) mass is 359 g/mol. The van der Waals surface area contributed by atoms with Gasteiger partial charge in [-0.1, -0.05) is 13.8 Å². The number of fused-ring (bicyclic) bond motifs is 1. The van der Waals surface area contributed by atoms with Gasteiger partial charge in [-0.15, -0.1) is 24.8 Å². The molecule has 6 heteroatoms. The summed E-state index contributed by atoms with van der Waals surface area (Å²) in [6.07, 6.45) is 3.52. The van der Waals surface area contributed by atoms with Gasteiger partial charge in [0.25, 0.3) is 0 Å². The molecule has 1 amide bonds. The van der Waals surface area contributed by atoms with Crippen LogP contribution in [0.4, 0.5) is 5.69 Å². The van der Waals surface area contributed by atoms with E-state index in [1.807, 2.05) is 19.2 Å². The Morgan fingerprint density at radius 1 is 1.22 bits per heavy atom. The van der Waals surface area contributed by atoms with E-state index in [0.717, 1.165) is 25.2 Å². The summed E-state index contributed by atoms with van der Waals surface area (Å²) in [4.78, 5) is 11.8. The van der Waals surface area contributed by atoms with Gasteiger partial charge in [-0.3, -0.25) is 4.79 Å². The highest BCUT2D eigenvalue weighted by atomic mass is 35.5. The van der Waals surface area contributed by atoms with Crippen LogP contribution >= 0.6 is 24.8 Å². The second-order valence-corrected chi connectivity index (χ2v) is 5.89. The van der Waals surface area contributed by atoms with E-state index in [0.29, 0.717) is 12.3 Å². The Kier molecular flexibility index (Phi) is 9.96. The molecule has 4 nitrogen and oxygen atoms in total. The molecule has 0 saturated heterocycles. The summed E-state index contributed by atoms with van der Waals surface area (Å²) in [5.41, 5.74) is 2.09. The van der Waals surface area contributed by atoms with Crippen LogP contribution in [-0.2, 0) is 11.3 Å². The molecule has 0 radical (unpaired) electrons. The van der Waals surface area contributed by atoms with Crippen molar-refractivity contribution in [2.75, 3.05) is 18.9 Å². The molecular formula is C17H27Cl2N3O. The Morgan fingerprint density at radius 2 is 1.96 bits per heavy atom. The van der Waals surface area contributed by atoms with Crippen molar-refractivity contribution in [2.45, 2.75) is 33.2 Å². The van der Waals surface area contributed by atoms with Crippen molar-refractivity contribution >= 4 is 47.3 Å². The van der Waals surface area contributed by atoms with Gasteiger partial charge < -0.3 is 15.2 Å². The molecule has 1 heterocycles. The third-order valence-electron chi connectivity index (χ3n) is 3.45. The molecule has 2 N–H and O–H groups in total. The fraction of sp³-hybridized carbons (Fsp3) is 0.471. The van der Waals surface area contributed by atoms with Crippen molar-refractivity contribution in [3.05, 3.63) is 30.5 Å². The number of nitrogens with zero attached hydrogens (tertiary/aromatic N) is 1. The lowest BCUT2D eigenvalue weighted by molar-refractivity contribution is -0.116. The molecule has 23 heavy (non-hydrogen) atoms. The van der Waals surface area contributed by atoms with Crippen molar-refractivity contribution in [1.29, 1.82) is 0 Å². The SMILES string of the molecule is CNCCCC(=O)Nc1ccc2c(ccn2CC(C)C)c1.Cl.Cl. The van der Waals surface area contributed by atoms with Gasteiger partial charge in [-0.25, -0.2) is 0 Å². The Hall–Kier alpha value is -1.23. The van der Waals surface area contributed by atoms with Crippen LogP contribution in [0.25, 0.3) is 10.9 Å². The molecule has 0 saturated carbocycles. The summed E-state index contributed by atoms with van der Waals surface area (Å²) in [7, 11) is 1.90. The van der Waals surface area contributed by atoms with Gasteiger partial charge in [-0.05, 0) is 50.2 Å². The maximum absolute atomic E-state index is 11.8. The second kappa shape index (κ2) is 10.5. The van der Waals surface area contributed by atoms with E-state index in [9.17, 15) is 4.79 Å². The molecule has 0 bridgehead atoms. The average Bonchev–Trinajstić information content (AvgIpc) is 2.81. The molecule has 0 spiro atoms. The topological polar surface area (TPSA) is 46.1 Å². The van der Waals surface area contributed by atoms with Crippen LogP contribution in [0.3, 0.4) is 0 Å². The van der Waals surface area contributed by atoms with Crippen LogP contribution in [0, 0.1) is 5.92 Å². The molecule has 1 aromatic carbocycles. The Labute approximate surface area is 150 Å². The first-order chi connectivity index (χ1) is 10.1. The summed E-state index contributed by atoms with van der Waals surface area (Å²) < 4.78 is 2.26. The summed E-state index contributed by atoms with van der Waals surface area (Å²) in [6.45, 7) is 6.31. The van der Waals surface area contributed by atoms with E-state index in [1.54, 1.807) is 0 Å². The molecular weight excluding hydrogens is 333 g/mol. The highest BCUT2D eigenvalue weighted by Crippen LogP contribution is 2.21. The quantitative estimate of drug-likeness (QED) is 0.731. The minimum Gasteiger partial charge on any atom is -0.347 e. The average molecular weight is 360 g/mol. The zero-order valence-corrected chi connectivity index (χ0v) is 15.6. The van der Waals surface area contributed by atoms with Gasteiger partial charge >= 0.3 is 0 Å². The molecule has 0 atom stereocenters. The number of hydrogen-bond donors (Lipinski definition) is 2. The molecule has 0 aliphatic rings. The number of nitrogens with one attached hydrogen (secondary N) is 2. The van der Waals surface area contributed by atoms with Gasteiger partial charge in [0.1, 0.15) is 0 Å². The van der Waals surface area contributed by atoms with Gasteiger partial charge in [0, 0.05) is 35.8 Å². The number of aromatic nitrogens is 1. The van der Waals surface area contributed by atoms with Gasteiger partial charge in [0.2, 0.25) is 5.91 Å². The van der Waals surface area contributed by atoms with E-state index in [2.05, 4.69) is 47.4 Å². The Bertz CT molecular complexity index is 611. The maximum Gasteiger partial charge on any atom is 0.224 e. The summed E-state index contributed by atoms with van der Waals surface area (Å²) in [5, 5.41) is 7.18. The largest absolute Gasteiger partial charge is 0.347 e. The van der Waals surface area contributed by atoms with Crippen molar-refractivity contribution in [3.8, 4) is 0 Å². The van der Waals surface area contributed by atoms with E-state index in [1.165, 1.54) is 10.9 Å². The van der Waals surface area contributed by atoms with Gasteiger partial charge in [-0.2, -0.15) is 0 Å². The Balaban J connectivity index is 0.00000242. The number of anilines is 1. The predicted molar refractivity (Wildman–Crippen MR) is 103 cm³/mol. The highest BCUT2D eigenvalue weighted by molar-refractivity contribution is 5.93. The van der Waals surface area contributed by atoms with E-state index in [-0.39, 0.29) is 30.7 Å². The number of hydrogen-bond acceptors (Lipinski definition) is 2. The number of benzene rings is 1. The summed E-state index contributed by atoms with van der Waals surface area (Å²) >= 11 is 0. The molecule has 2 rings (SSSR count). The third kappa shape index (κ3) is 6.42. The highest BCUT2D eigenvalue weighted by Gasteiger charge is 2.06. The molecule has 2 aromatic rings. The number of amides is 1. The van der Waals surface area contributed by atoms with E-state index >= 15 is 0 Å².